The molecule has 14 heavy (non-hydrogen) atoms. The van der Waals surface area contributed by atoms with Crippen LogP contribution in [0.4, 0.5) is 0 Å². The fourth-order valence-corrected chi connectivity index (χ4v) is 2.20. The Bertz CT molecular complexity index is 253. The van der Waals surface area contributed by atoms with Crippen LogP contribution in [0.2, 0.25) is 0 Å². The molecule has 1 saturated heterocycles. The highest BCUT2D eigenvalue weighted by atomic mass is 16.6. The van der Waals surface area contributed by atoms with E-state index in [2.05, 4.69) is 4.74 Å². The van der Waals surface area contributed by atoms with Crippen LogP contribution >= 0.6 is 0 Å². The quantitative estimate of drug-likeness (QED) is 0.585. The summed E-state index contributed by atoms with van der Waals surface area (Å²) < 4.78 is 10.1. The van der Waals surface area contributed by atoms with Gasteiger partial charge in [0.1, 0.15) is 5.78 Å². The van der Waals surface area contributed by atoms with Crippen molar-refractivity contribution in [2.75, 3.05) is 7.11 Å². The van der Waals surface area contributed by atoms with E-state index in [4.69, 9.17) is 4.74 Å². The van der Waals surface area contributed by atoms with Crippen LogP contribution in [0.5, 0.6) is 0 Å². The Morgan fingerprint density at radius 2 is 2.07 bits per heavy atom. The van der Waals surface area contributed by atoms with Gasteiger partial charge in [-0.15, -0.1) is 0 Å². The third kappa shape index (κ3) is 1.54. The van der Waals surface area contributed by atoms with Gasteiger partial charge in [-0.3, -0.25) is 4.79 Å². The summed E-state index contributed by atoms with van der Waals surface area (Å²) >= 11 is 0. The number of carbonyl (C=O) groups excluding carboxylic acids is 2. The highest BCUT2D eigenvalue weighted by molar-refractivity contribution is 5.80. The molecule has 2 fully saturated rings. The van der Waals surface area contributed by atoms with Crippen molar-refractivity contribution >= 4 is 11.8 Å². The van der Waals surface area contributed by atoms with E-state index in [1.54, 1.807) is 0 Å². The molecule has 0 bridgehead atoms. The fourth-order valence-electron chi connectivity index (χ4n) is 2.20. The molecule has 1 spiro atoms. The summed E-state index contributed by atoms with van der Waals surface area (Å²) in [4.78, 5) is 22.1. The molecule has 0 amide bonds. The molecular formula is C10H14O4. The first-order chi connectivity index (χ1) is 6.65. The molecule has 4 heteroatoms. The van der Waals surface area contributed by atoms with Crippen LogP contribution < -0.4 is 0 Å². The summed E-state index contributed by atoms with van der Waals surface area (Å²) in [5.41, 5.74) is -0.188. The van der Waals surface area contributed by atoms with Crippen molar-refractivity contribution in [3.63, 3.8) is 0 Å². The van der Waals surface area contributed by atoms with Crippen molar-refractivity contribution in [3.05, 3.63) is 0 Å². The van der Waals surface area contributed by atoms with Crippen LogP contribution in [0.3, 0.4) is 0 Å². The monoisotopic (exact) mass is 198 g/mol. The van der Waals surface area contributed by atoms with Crippen LogP contribution in [-0.4, -0.2) is 30.6 Å². The summed E-state index contributed by atoms with van der Waals surface area (Å²) in [6, 6.07) is 0. The molecule has 1 atom stereocenters. The van der Waals surface area contributed by atoms with E-state index in [1.807, 2.05) is 0 Å². The molecule has 1 saturated carbocycles. The van der Waals surface area contributed by atoms with Crippen LogP contribution in [0.25, 0.3) is 0 Å². The van der Waals surface area contributed by atoms with E-state index in [-0.39, 0.29) is 11.6 Å². The number of methoxy groups -OCH3 is 1. The Hall–Kier alpha value is -0.900. The van der Waals surface area contributed by atoms with Gasteiger partial charge in [-0.1, -0.05) is 0 Å². The van der Waals surface area contributed by atoms with Crippen molar-refractivity contribution in [2.24, 2.45) is 0 Å². The third-order valence-corrected chi connectivity index (χ3v) is 3.13. The highest BCUT2D eigenvalue weighted by Crippen LogP contribution is 2.43. The van der Waals surface area contributed by atoms with E-state index < -0.39 is 6.10 Å². The van der Waals surface area contributed by atoms with Gasteiger partial charge >= 0.3 is 5.97 Å². The maximum atomic E-state index is 11.1. The van der Waals surface area contributed by atoms with Crippen LogP contribution in [0, 0.1) is 0 Å². The van der Waals surface area contributed by atoms with Gasteiger partial charge in [0.25, 0.3) is 0 Å². The van der Waals surface area contributed by atoms with Gasteiger partial charge in [0.05, 0.1) is 12.7 Å². The first kappa shape index (κ1) is 9.65. The molecular weight excluding hydrogens is 184 g/mol. The molecule has 0 aromatic carbocycles. The molecule has 0 aromatic rings. The van der Waals surface area contributed by atoms with Crippen LogP contribution in [-0.2, 0) is 19.1 Å². The fraction of sp³-hybridized carbons (Fsp3) is 0.800. The minimum Gasteiger partial charge on any atom is -0.467 e. The third-order valence-electron chi connectivity index (χ3n) is 3.13. The number of hydrogen-bond acceptors (Lipinski definition) is 4. The summed E-state index contributed by atoms with van der Waals surface area (Å²) in [5.74, 6) is 0.00766. The van der Waals surface area contributed by atoms with Gasteiger partial charge in [0.2, 0.25) is 0 Å². The van der Waals surface area contributed by atoms with Crippen LogP contribution in [0.15, 0.2) is 0 Å². The molecule has 1 aliphatic carbocycles. The lowest BCUT2D eigenvalue weighted by Crippen LogP contribution is -2.55. The zero-order chi connectivity index (χ0) is 10.2. The molecule has 4 nitrogen and oxygen atoms in total. The van der Waals surface area contributed by atoms with Crippen molar-refractivity contribution < 1.29 is 19.1 Å². The van der Waals surface area contributed by atoms with Crippen molar-refractivity contribution in [3.8, 4) is 0 Å². The Kier molecular flexibility index (Phi) is 2.31. The summed E-state index contributed by atoms with van der Waals surface area (Å²) in [6.07, 6.45) is 3.03. The number of hydrogen-bond donors (Lipinski definition) is 0. The van der Waals surface area contributed by atoms with Gasteiger partial charge < -0.3 is 9.47 Å². The maximum Gasteiger partial charge on any atom is 0.335 e. The van der Waals surface area contributed by atoms with Gasteiger partial charge in [-0.2, -0.15) is 0 Å². The Labute approximate surface area is 82.6 Å². The van der Waals surface area contributed by atoms with E-state index in [9.17, 15) is 9.59 Å². The largest absolute Gasteiger partial charge is 0.467 e. The summed E-state index contributed by atoms with van der Waals surface area (Å²) in [5, 5.41) is 0. The number of ketones is 1. The molecule has 2 rings (SSSR count). The second kappa shape index (κ2) is 3.35. The number of carbonyl (C=O) groups is 2. The predicted molar refractivity (Wildman–Crippen MR) is 47.7 cm³/mol. The zero-order valence-electron chi connectivity index (χ0n) is 8.25. The van der Waals surface area contributed by atoms with Crippen LogP contribution in [0.1, 0.15) is 32.1 Å². The van der Waals surface area contributed by atoms with Gasteiger partial charge in [-0.05, 0) is 12.8 Å². The molecule has 0 N–H and O–H groups in total. The predicted octanol–water partition coefficient (Wildman–Crippen LogP) is 0.830. The minimum absolute atomic E-state index is 0.188. The van der Waals surface area contributed by atoms with Crippen molar-refractivity contribution in [2.45, 2.75) is 43.8 Å². The molecule has 1 heterocycles. The van der Waals surface area contributed by atoms with Gasteiger partial charge in [-0.25, -0.2) is 4.79 Å². The summed E-state index contributed by atoms with van der Waals surface area (Å²) in [6.45, 7) is 0. The second-order valence-corrected chi connectivity index (χ2v) is 4.06. The Balaban J connectivity index is 1.86. The summed E-state index contributed by atoms with van der Waals surface area (Å²) in [7, 11) is 1.36. The molecule has 78 valence electrons. The molecule has 0 aromatic heterocycles. The normalized spacial score (nSPS) is 29.8. The molecule has 2 aliphatic rings. The maximum absolute atomic E-state index is 11.1. The molecule has 0 radical (unpaired) electrons. The highest BCUT2D eigenvalue weighted by Gasteiger charge is 2.50. The lowest BCUT2D eigenvalue weighted by Gasteiger charge is -2.48. The van der Waals surface area contributed by atoms with Gasteiger partial charge in [0, 0.05) is 19.3 Å². The van der Waals surface area contributed by atoms with E-state index in [0.29, 0.717) is 25.0 Å². The van der Waals surface area contributed by atoms with Gasteiger partial charge in [0.15, 0.2) is 6.10 Å². The smallest absolute Gasteiger partial charge is 0.335 e. The number of ether oxygens (including phenoxy) is 2. The average molecular weight is 198 g/mol. The lowest BCUT2D eigenvalue weighted by molar-refractivity contribution is -0.229. The first-order valence-corrected chi connectivity index (χ1v) is 4.93. The average Bonchev–Trinajstić information content (AvgIpc) is 2.15. The standard InChI is InChI=1S/C10H14O4/c1-13-9(12)8-6-10(14-8)4-2-7(11)3-5-10/h8H,2-6H2,1H3/t8-/m1/s1. The topological polar surface area (TPSA) is 52.6 Å². The minimum atomic E-state index is -0.395. The van der Waals surface area contributed by atoms with E-state index >= 15 is 0 Å². The molecule has 1 aliphatic heterocycles. The lowest BCUT2D eigenvalue weighted by atomic mass is 9.76. The second-order valence-electron chi connectivity index (χ2n) is 4.06. The van der Waals surface area contributed by atoms with Crippen molar-refractivity contribution in [1.29, 1.82) is 0 Å². The zero-order valence-corrected chi connectivity index (χ0v) is 8.25. The Morgan fingerprint density at radius 3 is 2.57 bits per heavy atom. The van der Waals surface area contributed by atoms with Crippen molar-refractivity contribution in [1.82, 2.24) is 0 Å². The SMILES string of the molecule is COC(=O)[C@H]1CC2(CCC(=O)CC2)O1. The molecule has 0 unspecified atom stereocenters. The van der Waals surface area contributed by atoms with E-state index in [0.717, 1.165) is 12.8 Å². The Morgan fingerprint density at radius 1 is 1.50 bits per heavy atom. The van der Waals surface area contributed by atoms with E-state index in [1.165, 1.54) is 7.11 Å². The number of rotatable bonds is 1. The number of Topliss-reactive ketones (excluding diaryl/α,β-unsaturated/α-hetero) is 1. The first-order valence-electron chi connectivity index (χ1n) is 4.93. The number of esters is 1.